The maximum Gasteiger partial charge on any atom is 0.142 e. The zero-order valence-electron chi connectivity index (χ0n) is 17.1. The number of hydrogen-bond donors (Lipinski definition) is 0. The molecule has 1 saturated carbocycles. The van der Waals surface area contributed by atoms with Gasteiger partial charge >= 0.3 is 0 Å². The summed E-state index contributed by atoms with van der Waals surface area (Å²) >= 11 is 0.494. The van der Waals surface area contributed by atoms with Crippen LogP contribution in [0.4, 0.5) is 8.78 Å². The van der Waals surface area contributed by atoms with Gasteiger partial charge in [-0.25, -0.2) is 8.78 Å². The average molecular weight is 412 g/mol. The number of hydrogen-bond acceptors (Lipinski definition) is 2. The lowest BCUT2D eigenvalue weighted by molar-refractivity contribution is 0.207. The molecule has 1 atom stereocenters. The van der Waals surface area contributed by atoms with Crippen molar-refractivity contribution in [2.75, 3.05) is 0 Å². The van der Waals surface area contributed by atoms with E-state index in [9.17, 15) is 8.78 Å². The topological polar surface area (TPSA) is 23.8 Å². The maximum atomic E-state index is 14.0. The summed E-state index contributed by atoms with van der Waals surface area (Å²) in [6.45, 7) is 4.25. The minimum atomic E-state index is -0.733. The number of rotatable bonds is 3. The second kappa shape index (κ2) is 10.1. The molecule has 1 aromatic rings. The summed E-state index contributed by atoms with van der Waals surface area (Å²) in [4.78, 5) is -0.266. The first kappa shape index (κ1) is 21.7. The van der Waals surface area contributed by atoms with Crippen LogP contribution in [0.15, 0.2) is 40.3 Å². The molecule has 2 aliphatic rings. The fourth-order valence-electron chi connectivity index (χ4n) is 4.74. The van der Waals surface area contributed by atoms with Gasteiger partial charge in [-0.05, 0) is 100 Å². The number of benzene rings is 1. The lowest BCUT2D eigenvalue weighted by atomic mass is 9.70. The molecule has 1 nitrogen and oxygen atoms in total. The van der Waals surface area contributed by atoms with Crippen molar-refractivity contribution in [2.24, 2.45) is 17.8 Å². The van der Waals surface area contributed by atoms with Gasteiger partial charge in [-0.1, -0.05) is 29.6 Å². The minimum Gasteiger partial charge on any atom is -0.206 e. The van der Waals surface area contributed by atoms with Crippen LogP contribution in [0.1, 0.15) is 64.4 Å². The summed E-state index contributed by atoms with van der Waals surface area (Å²) in [6.07, 6.45) is 13.0. The first-order chi connectivity index (χ1) is 14.0. The molecule has 29 heavy (non-hydrogen) atoms. The van der Waals surface area contributed by atoms with Crippen LogP contribution in [0.5, 0.6) is 0 Å². The number of thioether (sulfide) groups is 1. The van der Waals surface area contributed by atoms with Crippen LogP contribution >= 0.6 is 11.8 Å². The molecule has 0 saturated heterocycles. The monoisotopic (exact) mass is 411 g/mol. The summed E-state index contributed by atoms with van der Waals surface area (Å²) in [7, 11) is 0. The molecule has 1 fully saturated rings. The number of thiocyanates is 1. The molecular weight excluding hydrogens is 384 g/mol. The summed E-state index contributed by atoms with van der Waals surface area (Å²) in [6, 6.07) is 2.42. The second-order valence-corrected chi connectivity index (χ2v) is 8.97. The minimum absolute atomic E-state index is 0.266. The van der Waals surface area contributed by atoms with Crippen molar-refractivity contribution >= 4 is 11.8 Å². The zero-order valence-corrected chi connectivity index (χ0v) is 17.9. The molecule has 0 amide bonds. The number of nitrogens with zero attached hydrogens (tertiary/aromatic N) is 1. The van der Waals surface area contributed by atoms with E-state index in [1.165, 1.54) is 43.4 Å². The smallest absolute Gasteiger partial charge is 0.142 e. The third kappa shape index (κ3) is 5.52. The third-order valence-electron chi connectivity index (χ3n) is 6.30. The zero-order chi connectivity index (χ0) is 20.8. The van der Waals surface area contributed by atoms with E-state index in [1.54, 1.807) is 5.40 Å². The van der Waals surface area contributed by atoms with Gasteiger partial charge in [0.2, 0.25) is 0 Å². The van der Waals surface area contributed by atoms with Crippen molar-refractivity contribution in [1.82, 2.24) is 0 Å². The highest BCUT2D eigenvalue weighted by atomic mass is 32.2. The van der Waals surface area contributed by atoms with Gasteiger partial charge in [0.05, 0.1) is 4.90 Å². The van der Waals surface area contributed by atoms with Crippen LogP contribution in [0.2, 0.25) is 0 Å². The standard InChI is InChI=1S/C25H27F2NS/c1-3-4-18-5-9-21(10-6-18)22-12-11-20(17(2)13-22)8-7-19-14-23(26)25(29-16-28)24(27)15-19/h3-4,14-15,18,21-22H,5-6,9-13H2,1-2H3/b4-3+. The van der Waals surface area contributed by atoms with Crippen LogP contribution in [-0.2, 0) is 0 Å². The van der Waals surface area contributed by atoms with Gasteiger partial charge in [-0.2, -0.15) is 5.26 Å². The Kier molecular flexibility index (Phi) is 7.57. The first-order valence-corrected chi connectivity index (χ1v) is 11.2. The fourth-order valence-corrected chi connectivity index (χ4v) is 5.14. The van der Waals surface area contributed by atoms with Crippen LogP contribution in [0, 0.1) is 51.9 Å². The predicted octanol–water partition coefficient (Wildman–Crippen LogP) is 7.39. The fraction of sp³-hybridized carbons (Fsp3) is 0.480. The van der Waals surface area contributed by atoms with Crippen molar-refractivity contribution in [3.8, 4) is 17.2 Å². The number of halogens is 2. The van der Waals surface area contributed by atoms with E-state index >= 15 is 0 Å². The Labute approximate surface area is 177 Å². The van der Waals surface area contributed by atoms with Gasteiger partial charge in [0, 0.05) is 11.1 Å². The quantitative estimate of drug-likeness (QED) is 0.224. The van der Waals surface area contributed by atoms with E-state index in [0.717, 1.165) is 42.6 Å². The molecule has 0 heterocycles. The van der Waals surface area contributed by atoms with Crippen LogP contribution in [0.3, 0.4) is 0 Å². The molecule has 0 radical (unpaired) electrons. The van der Waals surface area contributed by atoms with Gasteiger partial charge < -0.3 is 0 Å². The molecule has 0 spiro atoms. The Morgan fingerprint density at radius 3 is 2.31 bits per heavy atom. The summed E-state index contributed by atoms with van der Waals surface area (Å²) in [5.41, 5.74) is 2.74. The number of nitriles is 1. The van der Waals surface area contributed by atoms with Gasteiger partial charge in [-0.3, -0.25) is 0 Å². The van der Waals surface area contributed by atoms with Gasteiger partial charge in [0.15, 0.2) is 0 Å². The lowest BCUT2D eigenvalue weighted by Gasteiger charge is -2.35. The van der Waals surface area contributed by atoms with Gasteiger partial charge in [0.1, 0.15) is 17.0 Å². The lowest BCUT2D eigenvalue weighted by Crippen LogP contribution is -2.23. The summed E-state index contributed by atoms with van der Waals surface area (Å²) in [5.74, 6) is 6.93. The Bertz CT molecular complexity index is 882. The van der Waals surface area contributed by atoms with E-state index in [-0.39, 0.29) is 4.90 Å². The third-order valence-corrected chi connectivity index (χ3v) is 6.99. The van der Waals surface area contributed by atoms with Crippen LogP contribution in [-0.4, -0.2) is 0 Å². The largest absolute Gasteiger partial charge is 0.206 e. The van der Waals surface area contributed by atoms with Crippen molar-refractivity contribution in [1.29, 1.82) is 5.26 Å². The highest BCUT2D eigenvalue weighted by Crippen LogP contribution is 2.41. The molecule has 0 aromatic heterocycles. The van der Waals surface area contributed by atoms with Crippen molar-refractivity contribution in [2.45, 2.75) is 63.7 Å². The molecule has 4 heteroatoms. The van der Waals surface area contributed by atoms with E-state index in [4.69, 9.17) is 5.26 Å². The average Bonchev–Trinajstić information content (AvgIpc) is 2.70. The van der Waals surface area contributed by atoms with E-state index in [0.29, 0.717) is 17.3 Å². The van der Waals surface area contributed by atoms with Crippen molar-refractivity contribution in [3.05, 3.63) is 52.6 Å². The molecule has 0 N–H and O–H groups in total. The predicted molar refractivity (Wildman–Crippen MR) is 115 cm³/mol. The molecule has 0 aliphatic heterocycles. The summed E-state index contributed by atoms with van der Waals surface area (Å²) < 4.78 is 28.0. The van der Waals surface area contributed by atoms with E-state index in [2.05, 4.69) is 37.8 Å². The SMILES string of the molecule is C/C=C/C1CCC(C2CCC(C#Cc3cc(F)c(SC#N)c(F)c3)=C(C)C2)CC1. The molecule has 0 bridgehead atoms. The van der Waals surface area contributed by atoms with Gasteiger partial charge in [-0.15, -0.1) is 0 Å². The highest BCUT2D eigenvalue weighted by Gasteiger charge is 2.29. The normalized spacial score (nSPS) is 24.9. The Morgan fingerprint density at radius 1 is 1.03 bits per heavy atom. The molecule has 152 valence electrons. The van der Waals surface area contributed by atoms with Crippen molar-refractivity contribution in [3.63, 3.8) is 0 Å². The Hall–Kier alpha value is -2.04. The second-order valence-electron chi connectivity index (χ2n) is 8.17. The summed E-state index contributed by atoms with van der Waals surface area (Å²) in [5, 5.41) is 10.3. The molecule has 2 aliphatic carbocycles. The van der Waals surface area contributed by atoms with E-state index < -0.39 is 11.6 Å². The Balaban J connectivity index is 1.66. The maximum absolute atomic E-state index is 14.0. The molecule has 3 rings (SSSR count). The highest BCUT2D eigenvalue weighted by molar-refractivity contribution is 8.03. The Morgan fingerprint density at radius 2 is 1.72 bits per heavy atom. The van der Waals surface area contributed by atoms with E-state index in [1.807, 2.05) is 0 Å². The van der Waals surface area contributed by atoms with Crippen molar-refractivity contribution < 1.29 is 8.78 Å². The van der Waals surface area contributed by atoms with Gasteiger partial charge in [0.25, 0.3) is 0 Å². The van der Waals surface area contributed by atoms with Crippen LogP contribution in [0.25, 0.3) is 0 Å². The molecule has 1 aromatic carbocycles. The number of allylic oxidation sites excluding steroid dienone is 4. The molecular formula is C25H27F2NS. The molecule has 1 unspecified atom stereocenters. The first-order valence-electron chi connectivity index (χ1n) is 10.4. The van der Waals surface area contributed by atoms with Crippen LogP contribution < -0.4 is 0 Å².